The number of hydrogen-bond acceptors (Lipinski definition) is 2. The molecular formula is C26H38N2O. The maximum Gasteiger partial charge on any atom is 0.159 e. The highest BCUT2D eigenvalue weighted by molar-refractivity contribution is 5.94. The molecule has 3 rings (SSSR count). The van der Waals surface area contributed by atoms with E-state index in [2.05, 4.69) is 56.3 Å². The fraction of sp³-hybridized carbons (Fsp3) is 0.308. The molecule has 3 heteroatoms. The highest BCUT2D eigenvalue weighted by Gasteiger charge is 2.06. The number of carbonyl (C=O) groups excluding carboxylic acids is 1. The molecule has 29 heavy (non-hydrogen) atoms. The lowest BCUT2D eigenvalue weighted by molar-refractivity contribution is 0.101. The van der Waals surface area contributed by atoms with Gasteiger partial charge in [0.15, 0.2) is 5.78 Å². The molecule has 0 aliphatic rings. The van der Waals surface area contributed by atoms with E-state index in [1.165, 1.54) is 12.0 Å². The third-order valence-electron chi connectivity index (χ3n) is 3.85. The highest BCUT2D eigenvalue weighted by Crippen LogP contribution is 2.22. The number of hydrogen-bond donors (Lipinski definition) is 1. The summed E-state index contributed by atoms with van der Waals surface area (Å²) in [6.45, 7) is 17.9. The molecule has 0 aliphatic carbocycles. The molecule has 1 aromatic heterocycles. The Morgan fingerprint density at radius 3 is 2.14 bits per heavy atom. The largest absolute Gasteiger partial charge is 0.295 e. The third-order valence-corrected chi connectivity index (χ3v) is 3.85. The van der Waals surface area contributed by atoms with Gasteiger partial charge in [0.2, 0.25) is 0 Å². The van der Waals surface area contributed by atoms with Gasteiger partial charge in [0.05, 0.1) is 11.2 Å². The number of allylic oxidation sites excluding steroid dienone is 2. The van der Waals surface area contributed by atoms with Crippen LogP contribution in [0.25, 0.3) is 16.5 Å². The van der Waals surface area contributed by atoms with Crippen molar-refractivity contribution < 1.29 is 6.22 Å². The van der Waals surface area contributed by atoms with Crippen molar-refractivity contribution in [3.8, 4) is 0 Å². The summed E-state index contributed by atoms with van der Waals surface area (Å²) in [6, 6.07) is 15.9. The Kier molecular flexibility index (Phi) is 13.5. The summed E-state index contributed by atoms with van der Waals surface area (Å²) in [5.41, 5.74) is 5.13. The van der Waals surface area contributed by atoms with Gasteiger partial charge in [0.25, 0.3) is 0 Å². The molecule has 0 radical (unpaired) electrons. The summed E-state index contributed by atoms with van der Waals surface area (Å²) in [4.78, 5) is 11.3. The molecule has 0 unspecified atom stereocenters. The molecule has 3 nitrogen and oxygen atoms in total. The van der Waals surface area contributed by atoms with Crippen LogP contribution in [-0.4, -0.2) is 16.0 Å². The number of H-pyrrole nitrogens is 1. The molecule has 0 aliphatic heterocycles. The van der Waals surface area contributed by atoms with Gasteiger partial charge in [-0.25, -0.2) is 0 Å². The Balaban J connectivity index is 0. The Labute approximate surface area is 178 Å². The van der Waals surface area contributed by atoms with Crippen LogP contribution in [0.4, 0.5) is 0 Å². The van der Waals surface area contributed by atoms with Crippen LogP contribution >= 0.6 is 0 Å². The molecule has 0 fully saturated rings. The summed E-state index contributed by atoms with van der Waals surface area (Å²) in [5, 5.41) is 8.61. The minimum Gasteiger partial charge on any atom is -0.295 e. The first kappa shape index (κ1) is 26.1. The monoisotopic (exact) mass is 394 g/mol. The van der Waals surface area contributed by atoms with E-state index in [0.717, 1.165) is 34.2 Å². The Bertz CT molecular complexity index is 879. The van der Waals surface area contributed by atoms with Crippen molar-refractivity contribution in [3.05, 3.63) is 84.6 Å². The molecular weight excluding hydrogens is 356 g/mol. The van der Waals surface area contributed by atoms with Gasteiger partial charge in [0, 0.05) is 12.4 Å². The summed E-state index contributed by atoms with van der Waals surface area (Å²) in [6.07, 6.45) is 4.25. The van der Waals surface area contributed by atoms with Crippen molar-refractivity contribution in [3.63, 3.8) is 0 Å². The summed E-state index contributed by atoms with van der Waals surface area (Å²) >= 11 is 0. The fourth-order valence-corrected chi connectivity index (χ4v) is 2.51. The molecule has 1 heterocycles. The molecule has 0 amide bonds. The van der Waals surface area contributed by atoms with Crippen molar-refractivity contribution in [2.24, 2.45) is 0 Å². The Morgan fingerprint density at radius 1 is 1.03 bits per heavy atom. The van der Waals surface area contributed by atoms with E-state index in [-0.39, 0.29) is 7.21 Å². The van der Waals surface area contributed by atoms with Gasteiger partial charge in [-0.2, -0.15) is 5.10 Å². The third kappa shape index (κ3) is 8.30. The summed E-state index contributed by atoms with van der Waals surface area (Å²) in [7, 11) is 0. The molecule has 0 spiro atoms. The molecule has 3 aromatic rings. The average Bonchev–Trinajstić information content (AvgIpc) is 3.20. The van der Waals surface area contributed by atoms with E-state index in [1.54, 1.807) is 6.92 Å². The minimum absolute atomic E-state index is 0. The molecule has 1 N–H and O–H groups in total. The number of nitrogens with zero attached hydrogens (tertiary/aromatic N) is 1. The van der Waals surface area contributed by atoms with Crippen molar-refractivity contribution in [2.75, 3.05) is 0 Å². The standard InChI is InChI=1S/C19H18N2O.C3H8.C2H6.C2H4.H2/c1-13(19-17-5-3-4-6-18(17)20-21-19)7-8-15-9-11-16(12-10-15)14(2)22;1-3-2;2*1-2;/h3-7,9-12H,8H2,1-2H3,(H,20,21);3H2,1-2H3;1-2H3;1-2H2;1H/b13-7+;;;;. The van der Waals surface area contributed by atoms with E-state index < -0.39 is 0 Å². The van der Waals surface area contributed by atoms with Crippen LogP contribution in [0.15, 0.2) is 67.8 Å². The Hall–Kier alpha value is -2.94. The lowest BCUT2D eigenvalue weighted by Crippen LogP contribution is -1.92. The number of benzene rings is 2. The van der Waals surface area contributed by atoms with E-state index in [9.17, 15) is 4.79 Å². The maximum atomic E-state index is 11.3. The van der Waals surface area contributed by atoms with Crippen LogP contribution in [0.3, 0.4) is 0 Å². The number of Topliss-reactive ketones (excluding diaryl/α,β-unsaturated/α-hetero) is 1. The number of para-hydroxylation sites is 1. The van der Waals surface area contributed by atoms with E-state index >= 15 is 0 Å². The second-order valence-corrected chi connectivity index (χ2v) is 6.17. The first-order valence-electron chi connectivity index (χ1n) is 10.3. The van der Waals surface area contributed by atoms with Crippen LogP contribution < -0.4 is 0 Å². The zero-order chi connectivity index (χ0) is 22.2. The van der Waals surface area contributed by atoms with Gasteiger partial charge < -0.3 is 0 Å². The molecule has 0 saturated heterocycles. The van der Waals surface area contributed by atoms with E-state index in [0.29, 0.717) is 0 Å². The van der Waals surface area contributed by atoms with Crippen molar-refractivity contribution in [1.82, 2.24) is 10.2 Å². The smallest absolute Gasteiger partial charge is 0.159 e. The number of carbonyl (C=O) groups is 1. The lowest BCUT2D eigenvalue weighted by atomic mass is 10.0. The van der Waals surface area contributed by atoms with Crippen molar-refractivity contribution >= 4 is 22.3 Å². The predicted molar refractivity (Wildman–Crippen MR) is 131 cm³/mol. The van der Waals surface area contributed by atoms with Gasteiger partial charge in [-0.1, -0.05) is 82.7 Å². The van der Waals surface area contributed by atoms with Gasteiger partial charge in [0.1, 0.15) is 0 Å². The van der Waals surface area contributed by atoms with E-state index in [4.69, 9.17) is 0 Å². The summed E-state index contributed by atoms with van der Waals surface area (Å²) in [5.74, 6) is 0.0984. The molecule has 158 valence electrons. The van der Waals surface area contributed by atoms with Gasteiger partial charge in [-0.05, 0) is 37.5 Å². The molecule has 2 aromatic carbocycles. The van der Waals surface area contributed by atoms with Crippen LogP contribution in [0.5, 0.6) is 0 Å². The first-order valence-corrected chi connectivity index (χ1v) is 10.3. The quantitative estimate of drug-likeness (QED) is 0.361. The Morgan fingerprint density at radius 2 is 1.59 bits per heavy atom. The van der Waals surface area contributed by atoms with Gasteiger partial charge in [-0.15, -0.1) is 13.2 Å². The SMILES string of the molecule is C=C.CC.CC(=O)c1ccc(C/C=C(\C)c2n[nH]c3ccccc23)cc1.CCC.[HH]. The van der Waals surface area contributed by atoms with Crippen molar-refractivity contribution in [1.29, 1.82) is 0 Å². The van der Waals surface area contributed by atoms with Crippen LogP contribution in [0.2, 0.25) is 0 Å². The predicted octanol–water partition coefficient (Wildman–Crippen LogP) is 7.90. The topological polar surface area (TPSA) is 45.8 Å². The van der Waals surface area contributed by atoms with Crippen LogP contribution in [0.1, 0.15) is 71.0 Å². The zero-order valence-corrected chi connectivity index (χ0v) is 18.9. The number of ketones is 1. The molecule has 0 saturated carbocycles. The molecule has 0 bridgehead atoms. The van der Waals surface area contributed by atoms with Crippen molar-refractivity contribution in [2.45, 2.75) is 54.4 Å². The van der Waals surface area contributed by atoms with Gasteiger partial charge in [-0.3, -0.25) is 9.89 Å². The second-order valence-electron chi connectivity index (χ2n) is 6.17. The zero-order valence-electron chi connectivity index (χ0n) is 18.9. The fourth-order valence-electron chi connectivity index (χ4n) is 2.51. The second kappa shape index (κ2) is 15.0. The number of rotatable bonds is 4. The minimum atomic E-state index is 0. The number of aromatic nitrogens is 2. The van der Waals surface area contributed by atoms with E-state index in [1.807, 2.05) is 56.3 Å². The van der Waals surface area contributed by atoms with Gasteiger partial charge >= 0.3 is 0 Å². The average molecular weight is 395 g/mol. The number of nitrogens with one attached hydrogen (secondary N) is 1. The maximum absolute atomic E-state index is 11.3. The lowest BCUT2D eigenvalue weighted by Gasteiger charge is -2.01. The summed E-state index contributed by atoms with van der Waals surface area (Å²) < 4.78 is 0. The highest BCUT2D eigenvalue weighted by atomic mass is 16.1. The number of aromatic amines is 1. The normalized spacial score (nSPS) is 9.93. The molecule has 0 atom stereocenters. The van der Waals surface area contributed by atoms with Crippen LogP contribution in [-0.2, 0) is 6.42 Å². The van der Waals surface area contributed by atoms with Crippen LogP contribution in [0, 0.1) is 0 Å². The first-order chi connectivity index (χ1) is 14.1. The number of fused-ring (bicyclic) bond motifs is 1.